The summed E-state index contributed by atoms with van der Waals surface area (Å²) in [7, 11) is 1.35. The fourth-order valence-electron chi connectivity index (χ4n) is 1.98. The number of hydrogen-bond donors (Lipinski definition) is 1. The Balaban J connectivity index is 2.64. The molecule has 0 aromatic heterocycles. The fraction of sp³-hybridized carbons (Fsp3) is 0.500. The van der Waals surface area contributed by atoms with Gasteiger partial charge in [-0.1, -0.05) is 32.0 Å². The van der Waals surface area contributed by atoms with Crippen LogP contribution in [0.5, 0.6) is 0 Å². The standard InChI is InChI=1S/C14H20N2O4/c1-10(2)13(14(17)20-3)15-9-8-11-6-4-5-7-12(11)16(18)19/h4-7,10,13,15H,8-9H2,1-3H3. The Labute approximate surface area is 118 Å². The number of ether oxygens (including phenoxy) is 1. The van der Waals surface area contributed by atoms with Gasteiger partial charge in [-0.05, 0) is 12.3 Å². The highest BCUT2D eigenvalue weighted by Crippen LogP contribution is 2.17. The summed E-state index contributed by atoms with van der Waals surface area (Å²) in [5.41, 5.74) is 0.755. The molecule has 1 unspecified atom stereocenters. The molecule has 0 radical (unpaired) electrons. The number of nitro benzene ring substituents is 1. The van der Waals surface area contributed by atoms with Crippen molar-refractivity contribution in [2.24, 2.45) is 5.92 Å². The van der Waals surface area contributed by atoms with E-state index in [0.717, 1.165) is 0 Å². The van der Waals surface area contributed by atoms with Crippen molar-refractivity contribution in [2.75, 3.05) is 13.7 Å². The van der Waals surface area contributed by atoms with Crippen molar-refractivity contribution in [2.45, 2.75) is 26.3 Å². The molecular weight excluding hydrogens is 260 g/mol. The van der Waals surface area contributed by atoms with Crippen LogP contribution in [0.2, 0.25) is 0 Å². The summed E-state index contributed by atoms with van der Waals surface area (Å²) in [5.74, 6) is -0.226. The summed E-state index contributed by atoms with van der Waals surface area (Å²) < 4.78 is 4.73. The minimum Gasteiger partial charge on any atom is -0.468 e. The van der Waals surface area contributed by atoms with Gasteiger partial charge in [0.25, 0.3) is 5.69 Å². The number of rotatable bonds is 7. The number of carbonyl (C=O) groups excluding carboxylic acids is 1. The minimum absolute atomic E-state index is 0.0909. The Bertz CT molecular complexity index is 474. The number of esters is 1. The highest BCUT2D eigenvalue weighted by Gasteiger charge is 2.22. The van der Waals surface area contributed by atoms with Gasteiger partial charge < -0.3 is 10.1 Å². The average molecular weight is 280 g/mol. The van der Waals surface area contributed by atoms with Crippen LogP contribution in [0.3, 0.4) is 0 Å². The summed E-state index contributed by atoms with van der Waals surface area (Å²) in [6.45, 7) is 4.31. The molecule has 6 nitrogen and oxygen atoms in total. The zero-order chi connectivity index (χ0) is 15.1. The van der Waals surface area contributed by atoms with Crippen molar-refractivity contribution in [3.8, 4) is 0 Å². The third kappa shape index (κ3) is 4.31. The zero-order valence-electron chi connectivity index (χ0n) is 12.0. The van der Waals surface area contributed by atoms with Crippen molar-refractivity contribution in [3.05, 3.63) is 39.9 Å². The number of benzene rings is 1. The van der Waals surface area contributed by atoms with Crippen LogP contribution >= 0.6 is 0 Å². The van der Waals surface area contributed by atoms with Crippen molar-refractivity contribution in [1.29, 1.82) is 0 Å². The molecule has 0 amide bonds. The van der Waals surface area contributed by atoms with E-state index in [0.29, 0.717) is 18.5 Å². The van der Waals surface area contributed by atoms with Crippen LogP contribution in [0.15, 0.2) is 24.3 Å². The van der Waals surface area contributed by atoms with Gasteiger partial charge in [-0.15, -0.1) is 0 Å². The average Bonchev–Trinajstić information content (AvgIpc) is 2.42. The second-order valence-corrected chi connectivity index (χ2v) is 4.83. The van der Waals surface area contributed by atoms with E-state index in [4.69, 9.17) is 4.74 Å². The highest BCUT2D eigenvalue weighted by molar-refractivity contribution is 5.75. The Morgan fingerprint density at radius 3 is 2.60 bits per heavy atom. The summed E-state index contributed by atoms with van der Waals surface area (Å²) >= 11 is 0. The van der Waals surface area contributed by atoms with Crippen molar-refractivity contribution in [3.63, 3.8) is 0 Å². The van der Waals surface area contributed by atoms with Crippen LogP contribution in [0.4, 0.5) is 5.69 Å². The largest absolute Gasteiger partial charge is 0.468 e. The van der Waals surface area contributed by atoms with Crippen LogP contribution in [0.1, 0.15) is 19.4 Å². The van der Waals surface area contributed by atoms with Gasteiger partial charge in [0.1, 0.15) is 6.04 Å². The molecule has 0 aliphatic carbocycles. The number of nitrogens with zero attached hydrogens (tertiary/aromatic N) is 1. The molecule has 1 rings (SSSR count). The lowest BCUT2D eigenvalue weighted by atomic mass is 10.0. The highest BCUT2D eigenvalue weighted by atomic mass is 16.6. The lowest BCUT2D eigenvalue weighted by molar-refractivity contribution is -0.385. The maximum atomic E-state index is 11.6. The van der Waals surface area contributed by atoms with E-state index in [1.54, 1.807) is 18.2 Å². The van der Waals surface area contributed by atoms with Crippen LogP contribution < -0.4 is 5.32 Å². The van der Waals surface area contributed by atoms with E-state index in [1.165, 1.54) is 13.2 Å². The van der Waals surface area contributed by atoms with E-state index in [1.807, 2.05) is 13.8 Å². The van der Waals surface area contributed by atoms with Gasteiger partial charge in [0, 0.05) is 18.2 Å². The molecule has 1 atom stereocenters. The van der Waals surface area contributed by atoms with Crippen LogP contribution in [-0.4, -0.2) is 30.6 Å². The van der Waals surface area contributed by atoms with Gasteiger partial charge in [-0.3, -0.25) is 14.9 Å². The number of hydrogen-bond acceptors (Lipinski definition) is 5. The topological polar surface area (TPSA) is 81.5 Å². The Hall–Kier alpha value is -1.95. The van der Waals surface area contributed by atoms with E-state index in [-0.39, 0.29) is 17.6 Å². The molecule has 0 aliphatic rings. The SMILES string of the molecule is COC(=O)C(NCCc1ccccc1[N+](=O)[O-])C(C)C. The third-order valence-corrected chi connectivity index (χ3v) is 3.07. The van der Waals surface area contributed by atoms with Crippen LogP contribution in [0.25, 0.3) is 0 Å². The van der Waals surface area contributed by atoms with E-state index in [9.17, 15) is 14.9 Å². The fourth-order valence-corrected chi connectivity index (χ4v) is 1.98. The molecule has 0 aliphatic heterocycles. The molecule has 1 aromatic rings. The molecule has 0 saturated carbocycles. The first kappa shape index (κ1) is 16.1. The third-order valence-electron chi connectivity index (χ3n) is 3.07. The molecule has 0 saturated heterocycles. The molecule has 0 bridgehead atoms. The van der Waals surface area contributed by atoms with Gasteiger partial charge in [-0.2, -0.15) is 0 Å². The van der Waals surface area contributed by atoms with Gasteiger partial charge >= 0.3 is 5.97 Å². The van der Waals surface area contributed by atoms with Gasteiger partial charge in [0.05, 0.1) is 12.0 Å². The van der Waals surface area contributed by atoms with Crippen molar-refractivity contribution >= 4 is 11.7 Å². The number of para-hydroxylation sites is 1. The van der Waals surface area contributed by atoms with Gasteiger partial charge in [0.15, 0.2) is 0 Å². The lowest BCUT2D eigenvalue weighted by Gasteiger charge is -2.19. The monoisotopic (exact) mass is 280 g/mol. The van der Waals surface area contributed by atoms with Gasteiger partial charge in [0.2, 0.25) is 0 Å². The molecule has 1 aromatic carbocycles. The predicted molar refractivity (Wildman–Crippen MR) is 75.4 cm³/mol. The normalized spacial score (nSPS) is 12.2. The Morgan fingerprint density at radius 2 is 2.05 bits per heavy atom. The summed E-state index contributed by atoms with van der Waals surface area (Å²) in [4.78, 5) is 22.1. The van der Waals surface area contributed by atoms with E-state index < -0.39 is 11.0 Å². The lowest BCUT2D eigenvalue weighted by Crippen LogP contribution is -2.42. The molecule has 0 fully saturated rings. The number of nitrogens with one attached hydrogen (secondary N) is 1. The Morgan fingerprint density at radius 1 is 1.40 bits per heavy atom. The first-order valence-corrected chi connectivity index (χ1v) is 6.51. The summed E-state index contributed by atoms with van der Waals surface area (Å²) in [6, 6.07) is 6.21. The maximum Gasteiger partial charge on any atom is 0.323 e. The molecule has 20 heavy (non-hydrogen) atoms. The maximum absolute atomic E-state index is 11.6. The number of carbonyl (C=O) groups is 1. The predicted octanol–water partition coefficient (Wildman–Crippen LogP) is 1.92. The molecular formula is C14H20N2O4. The Kier molecular flexibility index (Phi) is 6.11. The summed E-state index contributed by atoms with van der Waals surface area (Å²) in [6.07, 6.45) is 0.483. The van der Waals surface area contributed by atoms with Crippen LogP contribution in [0, 0.1) is 16.0 Å². The van der Waals surface area contributed by atoms with E-state index in [2.05, 4.69) is 5.32 Å². The number of nitro groups is 1. The molecule has 6 heteroatoms. The van der Waals surface area contributed by atoms with E-state index >= 15 is 0 Å². The van der Waals surface area contributed by atoms with Crippen molar-refractivity contribution < 1.29 is 14.5 Å². The molecule has 0 spiro atoms. The first-order valence-electron chi connectivity index (χ1n) is 6.51. The molecule has 1 N–H and O–H groups in total. The quantitative estimate of drug-likeness (QED) is 0.469. The van der Waals surface area contributed by atoms with Crippen molar-refractivity contribution in [1.82, 2.24) is 5.32 Å². The van der Waals surface area contributed by atoms with Crippen LogP contribution in [-0.2, 0) is 16.0 Å². The minimum atomic E-state index is -0.400. The zero-order valence-corrected chi connectivity index (χ0v) is 12.0. The summed E-state index contributed by atoms with van der Waals surface area (Å²) in [5, 5.41) is 14.0. The second kappa shape index (κ2) is 7.59. The second-order valence-electron chi connectivity index (χ2n) is 4.83. The number of methoxy groups -OCH3 is 1. The molecule has 0 heterocycles. The van der Waals surface area contributed by atoms with Gasteiger partial charge in [-0.25, -0.2) is 0 Å². The smallest absolute Gasteiger partial charge is 0.323 e. The first-order chi connectivity index (χ1) is 9.47. The molecule has 110 valence electrons.